The number of hydrogen-bond acceptors (Lipinski definition) is 2. The molecule has 1 aliphatic carbocycles. The summed E-state index contributed by atoms with van der Waals surface area (Å²) in [6.07, 6.45) is 5.75. The van der Waals surface area contributed by atoms with Crippen LogP contribution >= 0.6 is 0 Å². The Balaban J connectivity index is 2.11. The molecule has 94 valence electrons. The molecule has 0 saturated heterocycles. The molecular formula is C15H23NO. The maximum atomic E-state index is 10.0. The zero-order valence-electron chi connectivity index (χ0n) is 10.9. The van der Waals surface area contributed by atoms with Gasteiger partial charge in [0, 0.05) is 12.2 Å². The van der Waals surface area contributed by atoms with Crippen LogP contribution in [0.1, 0.15) is 44.2 Å². The van der Waals surface area contributed by atoms with Crippen LogP contribution in [0.25, 0.3) is 0 Å². The lowest BCUT2D eigenvalue weighted by atomic mass is 9.90. The summed E-state index contributed by atoms with van der Waals surface area (Å²) in [5, 5.41) is 13.4. The van der Waals surface area contributed by atoms with E-state index in [0.29, 0.717) is 6.54 Å². The summed E-state index contributed by atoms with van der Waals surface area (Å²) in [7, 11) is 0. The average molecular weight is 233 g/mol. The molecule has 0 radical (unpaired) electrons. The van der Waals surface area contributed by atoms with Crippen LogP contribution in [-0.2, 0) is 12.8 Å². The Hall–Kier alpha value is -1.02. The number of fused-ring (bicyclic) bond motifs is 1. The van der Waals surface area contributed by atoms with E-state index < -0.39 is 5.60 Å². The molecule has 0 aliphatic heterocycles. The van der Waals surface area contributed by atoms with Gasteiger partial charge >= 0.3 is 0 Å². The zero-order chi connectivity index (χ0) is 12.3. The lowest BCUT2D eigenvalue weighted by Crippen LogP contribution is -2.32. The first-order valence-electron chi connectivity index (χ1n) is 6.69. The maximum Gasteiger partial charge on any atom is 0.0788 e. The number of hydrogen-bond donors (Lipinski definition) is 2. The summed E-state index contributed by atoms with van der Waals surface area (Å²) in [4.78, 5) is 0. The van der Waals surface area contributed by atoms with Crippen molar-refractivity contribution in [2.75, 3.05) is 11.9 Å². The number of benzene rings is 1. The zero-order valence-corrected chi connectivity index (χ0v) is 10.9. The minimum absolute atomic E-state index is 0.614. The lowest BCUT2D eigenvalue weighted by Gasteiger charge is -2.25. The van der Waals surface area contributed by atoms with E-state index in [0.717, 1.165) is 6.42 Å². The van der Waals surface area contributed by atoms with Gasteiger partial charge in [0.2, 0.25) is 0 Å². The second kappa shape index (κ2) is 5.09. The SMILES string of the molecule is CCC(C)(O)CNc1cccc2c1CCCC2. The molecule has 0 bridgehead atoms. The first-order valence-corrected chi connectivity index (χ1v) is 6.69. The van der Waals surface area contributed by atoms with Gasteiger partial charge < -0.3 is 10.4 Å². The van der Waals surface area contributed by atoms with Crippen molar-refractivity contribution in [3.63, 3.8) is 0 Å². The Morgan fingerprint density at radius 3 is 2.82 bits per heavy atom. The highest BCUT2D eigenvalue weighted by Gasteiger charge is 2.18. The number of aryl methyl sites for hydroxylation is 1. The van der Waals surface area contributed by atoms with Gasteiger partial charge in [0.15, 0.2) is 0 Å². The van der Waals surface area contributed by atoms with Crippen LogP contribution in [-0.4, -0.2) is 17.3 Å². The minimum Gasteiger partial charge on any atom is -0.388 e. The molecule has 2 N–H and O–H groups in total. The number of nitrogens with one attached hydrogen (secondary N) is 1. The van der Waals surface area contributed by atoms with Crippen LogP contribution < -0.4 is 5.32 Å². The monoisotopic (exact) mass is 233 g/mol. The Morgan fingerprint density at radius 1 is 1.29 bits per heavy atom. The standard InChI is InChI=1S/C15H23NO/c1-3-15(2,17)11-16-14-10-6-8-12-7-4-5-9-13(12)14/h6,8,10,16-17H,3-5,7,9,11H2,1-2H3. The Labute approximate surface area is 104 Å². The molecule has 2 heteroatoms. The van der Waals surface area contributed by atoms with Gasteiger partial charge in [-0.3, -0.25) is 0 Å². The number of aliphatic hydroxyl groups is 1. The highest BCUT2D eigenvalue weighted by Crippen LogP contribution is 2.28. The maximum absolute atomic E-state index is 10.0. The molecule has 1 aliphatic rings. The highest BCUT2D eigenvalue weighted by atomic mass is 16.3. The normalized spacial score (nSPS) is 18.3. The van der Waals surface area contributed by atoms with Crippen LogP contribution in [0.15, 0.2) is 18.2 Å². The van der Waals surface area contributed by atoms with E-state index >= 15 is 0 Å². The molecule has 0 aromatic heterocycles. The van der Waals surface area contributed by atoms with E-state index in [4.69, 9.17) is 0 Å². The van der Waals surface area contributed by atoms with Crippen molar-refractivity contribution in [3.05, 3.63) is 29.3 Å². The Bertz CT molecular complexity index is 385. The van der Waals surface area contributed by atoms with Gasteiger partial charge in [0.05, 0.1) is 5.60 Å². The second-order valence-corrected chi connectivity index (χ2v) is 5.35. The summed E-state index contributed by atoms with van der Waals surface area (Å²) in [5.41, 5.74) is 3.55. The number of anilines is 1. The predicted molar refractivity (Wildman–Crippen MR) is 72.5 cm³/mol. The van der Waals surface area contributed by atoms with Crippen LogP contribution in [0.4, 0.5) is 5.69 Å². The fraction of sp³-hybridized carbons (Fsp3) is 0.600. The molecule has 1 atom stereocenters. The molecule has 0 amide bonds. The topological polar surface area (TPSA) is 32.3 Å². The van der Waals surface area contributed by atoms with Gasteiger partial charge in [0.1, 0.15) is 0 Å². The molecular weight excluding hydrogens is 210 g/mol. The molecule has 0 spiro atoms. The van der Waals surface area contributed by atoms with Crippen LogP contribution in [0.3, 0.4) is 0 Å². The van der Waals surface area contributed by atoms with Gasteiger partial charge in [-0.15, -0.1) is 0 Å². The predicted octanol–water partition coefficient (Wildman–Crippen LogP) is 3.14. The van der Waals surface area contributed by atoms with Gasteiger partial charge in [-0.25, -0.2) is 0 Å². The first kappa shape index (κ1) is 12.4. The van der Waals surface area contributed by atoms with E-state index in [2.05, 4.69) is 23.5 Å². The summed E-state index contributed by atoms with van der Waals surface area (Å²) < 4.78 is 0. The third-order valence-electron chi connectivity index (χ3n) is 3.82. The van der Waals surface area contributed by atoms with Crippen molar-refractivity contribution in [2.45, 2.75) is 51.6 Å². The molecule has 17 heavy (non-hydrogen) atoms. The quantitative estimate of drug-likeness (QED) is 0.837. The van der Waals surface area contributed by atoms with E-state index in [-0.39, 0.29) is 0 Å². The van der Waals surface area contributed by atoms with Crippen LogP contribution in [0.5, 0.6) is 0 Å². The van der Waals surface area contributed by atoms with Crippen molar-refractivity contribution in [3.8, 4) is 0 Å². The second-order valence-electron chi connectivity index (χ2n) is 5.35. The molecule has 1 aromatic rings. The van der Waals surface area contributed by atoms with Crippen molar-refractivity contribution < 1.29 is 5.11 Å². The summed E-state index contributed by atoms with van der Waals surface area (Å²) >= 11 is 0. The van der Waals surface area contributed by atoms with Crippen molar-refractivity contribution in [1.82, 2.24) is 0 Å². The van der Waals surface area contributed by atoms with E-state index in [1.54, 1.807) is 0 Å². The van der Waals surface area contributed by atoms with E-state index in [9.17, 15) is 5.11 Å². The largest absolute Gasteiger partial charge is 0.388 e. The fourth-order valence-electron chi connectivity index (χ4n) is 2.36. The molecule has 0 saturated carbocycles. The van der Waals surface area contributed by atoms with Gasteiger partial charge in [0.25, 0.3) is 0 Å². The molecule has 2 nitrogen and oxygen atoms in total. The fourth-order valence-corrected chi connectivity index (χ4v) is 2.36. The summed E-state index contributed by atoms with van der Waals surface area (Å²) in [5.74, 6) is 0. The van der Waals surface area contributed by atoms with Crippen LogP contribution in [0.2, 0.25) is 0 Å². The van der Waals surface area contributed by atoms with E-state index in [1.165, 1.54) is 42.5 Å². The van der Waals surface area contributed by atoms with Gasteiger partial charge in [-0.1, -0.05) is 19.1 Å². The third kappa shape index (κ3) is 3.01. The van der Waals surface area contributed by atoms with E-state index in [1.807, 2.05) is 13.8 Å². The minimum atomic E-state index is -0.614. The molecule has 1 unspecified atom stereocenters. The molecule has 2 rings (SSSR count). The molecule has 0 heterocycles. The van der Waals surface area contributed by atoms with Crippen molar-refractivity contribution >= 4 is 5.69 Å². The smallest absolute Gasteiger partial charge is 0.0788 e. The average Bonchev–Trinajstić information content (AvgIpc) is 2.36. The molecule has 1 aromatic carbocycles. The molecule has 0 fully saturated rings. The van der Waals surface area contributed by atoms with Crippen molar-refractivity contribution in [1.29, 1.82) is 0 Å². The first-order chi connectivity index (χ1) is 8.12. The summed E-state index contributed by atoms with van der Waals surface area (Å²) in [6, 6.07) is 6.49. The third-order valence-corrected chi connectivity index (χ3v) is 3.82. The highest BCUT2D eigenvalue weighted by molar-refractivity contribution is 5.55. The van der Waals surface area contributed by atoms with Gasteiger partial charge in [-0.05, 0) is 56.2 Å². The number of rotatable bonds is 4. The Morgan fingerprint density at radius 2 is 2.06 bits per heavy atom. The Kier molecular flexibility index (Phi) is 3.72. The van der Waals surface area contributed by atoms with Crippen molar-refractivity contribution in [2.24, 2.45) is 0 Å². The summed E-state index contributed by atoms with van der Waals surface area (Å²) in [6.45, 7) is 4.53. The van der Waals surface area contributed by atoms with Crippen LogP contribution in [0, 0.1) is 0 Å². The lowest BCUT2D eigenvalue weighted by molar-refractivity contribution is 0.0697. The van der Waals surface area contributed by atoms with Gasteiger partial charge in [-0.2, -0.15) is 0 Å².